The summed E-state index contributed by atoms with van der Waals surface area (Å²) in [7, 11) is 1.64. The summed E-state index contributed by atoms with van der Waals surface area (Å²) in [5.41, 5.74) is 2.86. The number of nitrogens with zero attached hydrogens (tertiary/aromatic N) is 2. The van der Waals surface area contributed by atoms with Crippen LogP contribution in [0.3, 0.4) is 0 Å². The lowest BCUT2D eigenvalue weighted by Gasteiger charge is -2.18. The summed E-state index contributed by atoms with van der Waals surface area (Å²) >= 11 is 0. The fourth-order valence-corrected chi connectivity index (χ4v) is 3.03. The number of ether oxygens (including phenoxy) is 1. The molecule has 1 atom stereocenters. The molecule has 0 aliphatic heterocycles. The van der Waals surface area contributed by atoms with Crippen LogP contribution in [0.25, 0.3) is 0 Å². The Bertz CT molecular complexity index is 883. The predicted molar refractivity (Wildman–Crippen MR) is 106 cm³/mol. The van der Waals surface area contributed by atoms with E-state index >= 15 is 0 Å². The summed E-state index contributed by atoms with van der Waals surface area (Å²) in [6, 6.07) is 15.5. The Labute approximate surface area is 160 Å². The van der Waals surface area contributed by atoms with Gasteiger partial charge < -0.3 is 14.6 Å². The van der Waals surface area contributed by atoms with Gasteiger partial charge in [0, 0.05) is 24.5 Å². The standard InChI is InChI=1S/C22H25N3O2/c1-4-21(18-9-11-20(27-3)12-10-18)24-22(26)19-7-5-17(6-8-19)15-25-14-13-23-16(25)2/h5-14,21H,4,15H2,1-3H3,(H,24,26). The third kappa shape index (κ3) is 4.56. The molecule has 2 aromatic carbocycles. The number of aryl methyl sites for hydroxylation is 1. The molecule has 0 saturated carbocycles. The third-order valence-electron chi connectivity index (χ3n) is 4.72. The largest absolute Gasteiger partial charge is 0.497 e. The maximum atomic E-state index is 12.6. The minimum atomic E-state index is -0.0666. The second-order valence-corrected chi connectivity index (χ2v) is 6.51. The Balaban J connectivity index is 1.66. The van der Waals surface area contributed by atoms with E-state index in [0.717, 1.165) is 35.7 Å². The molecule has 1 N–H and O–H groups in total. The number of imidazole rings is 1. The van der Waals surface area contributed by atoms with Crippen molar-refractivity contribution in [3.63, 3.8) is 0 Å². The van der Waals surface area contributed by atoms with Crippen molar-refractivity contribution in [2.45, 2.75) is 32.9 Å². The predicted octanol–water partition coefficient (Wildman–Crippen LogP) is 4.13. The first-order valence-corrected chi connectivity index (χ1v) is 9.12. The molecule has 1 heterocycles. The van der Waals surface area contributed by atoms with Crippen molar-refractivity contribution in [1.82, 2.24) is 14.9 Å². The van der Waals surface area contributed by atoms with Crippen LogP contribution in [0, 0.1) is 6.92 Å². The summed E-state index contributed by atoms with van der Waals surface area (Å²) in [6.07, 6.45) is 4.56. The molecule has 1 aromatic heterocycles. The zero-order chi connectivity index (χ0) is 19.2. The Morgan fingerprint density at radius 3 is 2.41 bits per heavy atom. The fourth-order valence-electron chi connectivity index (χ4n) is 3.03. The van der Waals surface area contributed by atoms with Gasteiger partial charge in [0.05, 0.1) is 13.2 Å². The Kier molecular flexibility index (Phi) is 5.91. The first kappa shape index (κ1) is 18.7. The number of hydrogen-bond donors (Lipinski definition) is 1. The average molecular weight is 363 g/mol. The Morgan fingerprint density at radius 2 is 1.85 bits per heavy atom. The molecule has 0 bridgehead atoms. The van der Waals surface area contributed by atoms with Crippen LogP contribution in [0.4, 0.5) is 0 Å². The van der Waals surface area contributed by atoms with E-state index in [1.165, 1.54) is 0 Å². The lowest BCUT2D eigenvalue weighted by atomic mass is 10.0. The number of carbonyl (C=O) groups is 1. The summed E-state index contributed by atoms with van der Waals surface area (Å²) in [4.78, 5) is 16.9. The van der Waals surface area contributed by atoms with Gasteiger partial charge in [-0.15, -0.1) is 0 Å². The molecule has 0 fully saturated rings. The van der Waals surface area contributed by atoms with Gasteiger partial charge in [0.2, 0.25) is 0 Å². The van der Waals surface area contributed by atoms with Crippen molar-refractivity contribution in [2.24, 2.45) is 0 Å². The molecule has 5 nitrogen and oxygen atoms in total. The fraction of sp³-hybridized carbons (Fsp3) is 0.273. The number of benzene rings is 2. The number of nitrogens with one attached hydrogen (secondary N) is 1. The molecule has 3 rings (SSSR count). The van der Waals surface area contributed by atoms with Gasteiger partial charge in [-0.25, -0.2) is 4.98 Å². The number of aromatic nitrogens is 2. The second-order valence-electron chi connectivity index (χ2n) is 6.51. The molecule has 0 saturated heterocycles. The highest BCUT2D eigenvalue weighted by atomic mass is 16.5. The zero-order valence-electron chi connectivity index (χ0n) is 16.0. The molecule has 27 heavy (non-hydrogen) atoms. The maximum Gasteiger partial charge on any atom is 0.251 e. The van der Waals surface area contributed by atoms with E-state index in [2.05, 4.69) is 21.8 Å². The van der Waals surface area contributed by atoms with Crippen LogP contribution in [0.15, 0.2) is 60.9 Å². The lowest BCUT2D eigenvalue weighted by Crippen LogP contribution is -2.28. The van der Waals surface area contributed by atoms with E-state index in [1.54, 1.807) is 13.3 Å². The van der Waals surface area contributed by atoms with Crippen LogP contribution in [0.5, 0.6) is 5.75 Å². The van der Waals surface area contributed by atoms with E-state index < -0.39 is 0 Å². The average Bonchev–Trinajstić information content (AvgIpc) is 3.11. The topological polar surface area (TPSA) is 56.2 Å². The molecular formula is C22H25N3O2. The highest BCUT2D eigenvalue weighted by Crippen LogP contribution is 2.20. The smallest absolute Gasteiger partial charge is 0.251 e. The van der Waals surface area contributed by atoms with Gasteiger partial charge in [-0.05, 0) is 48.7 Å². The molecule has 1 amide bonds. The monoisotopic (exact) mass is 363 g/mol. The van der Waals surface area contributed by atoms with Gasteiger partial charge >= 0.3 is 0 Å². The first-order chi connectivity index (χ1) is 13.1. The van der Waals surface area contributed by atoms with Crippen LogP contribution in [0.1, 0.15) is 46.7 Å². The molecule has 3 aromatic rings. The molecule has 5 heteroatoms. The van der Waals surface area contributed by atoms with Crippen molar-refractivity contribution in [2.75, 3.05) is 7.11 Å². The van der Waals surface area contributed by atoms with Gasteiger partial charge in [0.15, 0.2) is 0 Å². The summed E-state index contributed by atoms with van der Waals surface area (Å²) in [5, 5.41) is 3.12. The Morgan fingerprint density at radius 1 is 1.15 bits per heavy atom. The van der Waals surface area contributed by atoms with Gasteiger partial charge in [-0.1, -0.05) is 31.2 Å². The number of amides is 1. The van der Waals surface area contributed by atoms with Gasteiger partial charge in [-0.2, -0.15) is 0 Å². The molecule has 0 aliphatic carbocycles. The highest BCUT2D eigenvalue weighted by Gasteiger charge is 2.14. The van der Waals surface area contributed by atoms with Crippen molar-refractivity contribution in [1.29, 1.82) is 0 Å². The zero-order valence-corrected chi connectivity index (χ0v) is 16.0. The van der Waals surface area contributed by atoms with E-state index in [9.17, 15) is 4.79 Å². The van der Waals surface area contributed by atoms with Crippen LogP contribution >= 0.6 is 0 Å². The van der Waals surface area contributed by atoms with E-state index in [1.807, 2.05) is 61.7 Å². The van der Waals surface area contributed by atoms with E-state index in [-0.39, 0.29) is 11.9 Å². The minimum Gasteiger partial charge on any atom is -0.497 e. The van der Waals surface area contributed by atoms with Gasteiger partial charge in [-0.3, -0.25) is 4.79 Å². The van der Waals surface area contributed by atoms with Crippen molar-refractivity contribution in [3.05, 3.63) is 83.4 Å². The highest BCUT2D eigenvalue weighted by molar-refractivity contribution is 5.94. The second kappa shape index (κ2) is 8.54. The molecule has 0 radical (unpaired) electrons. The van der Waals surface area contributed by atoms with Crippen molar-refractivity contribution < 1.29 is 9.53 Å². The quantitative estimate of drug-likeness (QED) is 0.687. The number of methoxy groups -OCH3 is 1. The summed E-state index contributed by atoms with van der Waals surface area (Å²) < 4.78 is 7.27. The Hall–Kier alpha value is -3.08. The molecule has 0 spiro atoms. The van der Waals surface area contributed by atoms with Crippen LogP contribution < -0.4 is 10.1 Å². The SMILES string of the molecule is CCC(NC(=O)c1ccc(Cn2ccnc2C)cc1)c1ccc(OC)cc1. The maximum absolute atomic E-state index is 12.6. The third-order valence-corrected chi connectivity index (χ3v) is 4.72. The van der Waals surface area contributed by atoms with Crippen molar-refractivity contribution >= 4 is 5.91 Å². The molecule has 0 aliphatic rings. The van der Waals surface area contributed by atoms with Crippen molar-refractivity contribution in [3.8, 4) is 5.75 Å². The number of carbonyl (C=O) groups excluding carboxylic acids is 1. The molecular weight excluding hydrogens is 338 g/mol. The minimum absolute atomic E-state index is 0.0309. The molecule has 1 unspecified atom stereocenters. The van der Waals surface area contributed by atoms with Crippen LogP contribution in [-0.4, -0.2) is 22.6 Å². The van der Waals surface area contributed by atoms with Gasteiger partial charge in [0.25, 0.3) is 5.91 Å². The molecule has 140 valence electrons. The van der Waals surface area contributed by atoms with E-state index in [0.29, 0.717) is 5.56 Å². The lowest BCUT2D eigenvalue weighted by molar-refractivity contribution is 0.0935. The van der Waals surface area contributed by atoms with Crippen LogP contribution in [0.2, 0.25) is 0 Å². The summed E-state index contributed by atoms with van der Waals surface area (Å²) in [5.74, 6) is 1.72. The van der Waals surface area contributed by atoms with Crippen LogP contribution in [-0.2, 0) is 6.54 Å². The normalized spacial score (nSPS) is 11.8. The number of rotatable bonds is 7. The first-order valence-electron chi connectivity index (χ1n) is 9.12. The van der Waals surface area contributed by atoms with Gasteiger partial charge in [0.1, 0.15) is 11.6 Å². The number of hydrogen-bond acceptors (Lipinski definition) is 3. The van der Waals surface area contributed by atoms with E-state index in [4.69, 9.17) is 4.74 Å². The summed E-state index contributed by atoms with van der Waals surface area (Å²) in [6.45, 7) is 4.79.